The van der Waals surface area contributed by atoms with Crippen LogP contribution in [0, 0.1) is 18.7 Å². The van der Waals surface area contributed by atoms with Crippen LogP contribution in [-0.2, 0) is 12.7 Å². The molecule has 0 radical (unpaired) electrons. The zero-order chi connectivity index (χ0) is 21.8. The number of amides is 1. The largest absolute Gasteiger partial charge is 0.420 e. The molecule has 0 atom stereocenters. The molecule has 0 bridgehead atoms. The van der Waals surface area contributed by atoms with Crippen LogP contribution in [0.15, 0.2) is 18.2 Å². The van der Waals surface area contributed by atoms with Crippen LogP contribution in [0.2, 0.25) is 0 Å². The van der Waals surface area contributed by atoms with Crippen molar-refractivity contribution in [3.63, 3.8) is 0 Å². The fourth-order valence-electron chi connectivity index (χ4n) is 3.84. The number of hydrogen-bond acceptors (Lipinski definition) is 2. The van der Waals surface area contributed by atoms with E-state index in [1.54, 1.807) is 0 Å². The molecule has 4 rings (SSSR count). The van der Waals surface area contributed by atoms with E-state index in [-0.39, 0.29) is 23.5 Å². The summed E-state index contributed by atoms with van der Waals surface area (Å²) in [6.07, 6.45) is -4.68. The zero-order valence-corrected chi connectivity index (χ0v) is 16.0. The Hall–Kier alpha value is -2.52. The topological polar surface area (TPSA) is 46.9 Å². The Bertz CT molecular complexity index is 985. The van der Waals surface area contributed by atoms with Crippen molar-refractivity contribution in [1.82, 2.24) is 9.78 Å². The predicted molar refractivity (Wildman–Crippen MR) is 96.0 cm³/mol. The van der Waals surface area contributed by atoms with Crippen molar-refractivity contribution < 1.29 is 31.1 Å². The lowest BCUT2D eigenvalue weighted by Crippen LogP contribution is -2.38. The van der Waals surface area contributed by atoms with Crippen molar-refractivity contribution in [2.24, 2.45) is 5.92 Å². The van der Waals surface area contributed by atoms with Gasteiger partial charge in [0.25, 0.3) is 5.91 Å². The summed E-state index contributed by atoms with van der Waals surface area (Å²) < 4.78 is 82.4. The Morgan fingerprint density at radius 3 is 2.47 bits per heavy atom. The Balaban J connectivity index is 1.71. The Labute approximate surface area is 168 Å². The average Bonchev–Trinajstić information content (AvgIpc) is 3.36. The van der Waals surface area contributed by atoms with Gasteiger partial charge in [-0.1, -0.05) is 0 Å². The van der Waals surface area contributed by atoms with Gasteiger partial charge in [-0.15, -0.1) is 0 Å². The molecule has 2 fully saturated rings. The van der Waals surface area contributed by atoms with Crippen LogP contribution in [-0.4, -0.2) is 21.6 Å². The summed E-state index contributed by atoms with van der Waals surface area (Å²) in [5.74, 6) is -5.37. The van der Waals surface area contributed by atoms with Crippen LogP contribution in [0.3, 0.4) is 0 Å². The van der Waals surface area contributed by atoms with Crippen LogP contribution in [0.5, 0.6) is 0 Å². The van der Waals surface area contributed by atoms with E-state index in [2.05, 4.69) is 10.4 Å². The third-order valence-electron chi connectivity index (χ3n) is 5.46. The maximum absolute atomic E-state index is 13.9. The normalized spacial score (nSPS) is 18.9. The molecule has 0 unspecified atom stereocenters. The number of benzene rings is 1. The Morgan fingerprint density at radius 2 is 1.93 bits per heavy atom. The van der Waals surface area contributed by atoms with Gasteiger partial charge < -0.3 is 5.32 Å². The number of alkyl halides is 5. The molecule has 1 amide bonds. The predicted octanol–water partition coefficient (Wildman–Crippen LogP) is 5.52. The minimum atomic E-state index is -4.83. The first-order chi connectivity index (χ1) is 13.9. The molecule has 2 aliphatic carbocycles. The minimum Gasteiger partial charge on any atom is -0.321 e. The van der Waals surface area contributed by atoms with Gasteiger partial charge in [-0.3, -0.25) is 9.48 Å². The third kappa shape index (κ3) is 4.04. The van der Waals surface area contributed by atoms with Gasteiger partial charge in [0.05, 0.1) is 5.69 Å². The van der Waals surface area contributed by atoms with Crippen LogP contribution in [0.1, 0.15) is 58.9 Å². The second-order valence-corrected chi connectivity index (χ2v) is 8.11. The highest BCUT2D eigenvalue weighted by Crippen LogP contribution is 2.48. The van der Waals surface area contributed by atoms with Gasteiger partial charge in [0.2, 0.25) is 5.92 Å². The summed E-state index contributed by atoms with van der Waals surface area (Å²) in [5, 5.41) is 6.40. The van der Waals surface area contributed by atoms with Crippen LogP contribution in [0.4, 0.5) is 32.0 Å². The van der Waals surface area contributed by atoms with E-state index in [9.17, 15) is 31.1 Å². The second kappa shape index (κ2) is 7.02. The summed E-state index contributed by atoms with van der Waals surface area (Å²) >= 11 is 0. The maximum Gasteiger partial charge on any atom is 0.420 e. The highest BCUT2D eigenvalue weighted by molar-refractivity contribution is 6.04. The molecular formula is C20H19F6N3O. The van der Waals surface area contributed by atoms with Crippen LogP contribution >= 0.6 is 0 Å². The van der Waals surface area contributed by atoms with Crippen molar-refractivity contribution in [3.8, 4) is 0 Å². The highest BCUT2D eigenvalue weighted by atomic mass is 19.4. The van der Waals surface area contributed by atoms with Gasteiger partial charge in [0, 0.05) is 31.0 Å². The SMILES string of the molecule is Cc1cc(NC(=O)c2c(C(F)(F)F)c(C3CC3)nn2CC2CC(F)(F)C2)ccc1F. The van der Waals surface area contributed by atoms with Gasteiger partial charge in [0.15, 0.2) is 0 Å². The van der Waals surface area contributed by atoms with Crippen molar-refractivity contribution in [3.05, 3.63) is 46.5 Å². The van der Waals surface area contributed by atoms with E-state index < -0.39 is 59.8 Å². The molecule has 4 nitrogen and oxygen atoms in total. The fourth-order valence-corrected chi connectivity index (χ4v) is 3.84. The number of carbonyl (C=O) groups is 1. The van der Waals surface area contributed by atoms with E-state index in [0.29, 0.717) is 12.8 Å². The quantitative estimate of drug-likeness (QED) is 0.634. The summed E-state index contributed by atoms with van der Waals surface area (Å²) in [7, 11) is 0. The summed E-state index contributed by atoms with van der Waals surface area (Å²) in [5.41, 5.74) is -1.68. The molecule has 10 heteroatoms. The molecule has 2 aliphatic rings. The molecule has 30 heavy (non-hydrogen) atoms. The number of halogens is 6. The summed E-state index contributed by atoms with van der Waals surface area (Å²) in [4.78, 5) is 12.9. The van der Waals surface area contributed by atoms with Gasteiger partial charge in [-0.2, -0.15) is 18.3 Å². The lowest BCUT2D eigenvalue weighted by atomic mass is 9.81. The number of nitrogens with zero attached hydrogens (tertiary/aromatic N) is 2. The maximum atomic E-state index is 13.9. The first-order valence-corrected chi connectivity index (χ1v) is 9.58. The highest BCUT2D eigenvalue weighted by Gasteiger charge is 2.49. The van der Waals surface area contributed by atoms with Gasteiger partial charge >= 0.3 is 6.18 Å². The Kier molecular flexibility index (Phi) is 4.85. The summed E-state index contributed by atoms with van der Waals surface area (Å²) in [6.45, 7) is 1.26. The number of rotatable bonds is 5. The molecule has 1 aromatic carbocycles. The third-order valence-corrected chi connectivity index (χ3v) is 5.46. The standard InChI is InChI=1S/C20H19F6N3O/c1-10-6-13(4-5-14(10)21)27-18(30)17-15(20(24,25)26)16(12-2-3-12)28-29(17)9-11-7-19(22,23)8-11/h4-6,11-12H,2-3,7-9H2,1H3,(H,27,30). The lowest BCUT2D eigenvalue weighted by molar-refractivity contribution is -0.138. The van der Waals surface area contributed by atoms with Crippen LogP contribution in [0.25, 0.3) is 0 Å². The molecule has 0 spiro atoms. The molecule has 162 valence electrons. The van der Waals surface area contributed by atoms with Gasteiger partial charge in [-0.25, -0.2) is 13.2 Å². The molecule has 1 aromatic heterocycles. The molecule has 0 saturated heterocycles. The minimum absolute atomic E-state index is 0.128. The lowest BCUT2D eigenvalue weighted by Gasteiger charge is -2.35. The number of aromatic nitrogens is 2. The van der Waals surface area contributed by atoms with Gasteiger partial charge in [-0.05, 0) is 49.4 Å². The van der Waals surface area contributed by atoms with Crippen molar-refractivity contribution >= 4 is 11.6 Å². The molecule has 2 saturated carbocycles. The Morgan fingerprint density at radius 1 is 1.27 bits per heavy atom. The monoisotopic (exact) mass is 431 g/mol. The van der Waals surface area contributed by atoms with Crippen LogP contribution < -0.4 is 5.32 Å². The molecule has 1 N–H and O–H groups in total. The van der Waals surface area contributed by atoms with Crippen molar-refractivity contribution in [2.75, 3.05) is 5.32 Å². The van der Waals surface area contributed by atoms with Gasteiger partial charge in [0.1, 0.15) is 17.1 Å². The smallest absolute Gasteiger partial charge is 0.321 e. The van der Waals surface area contributed by atoms with E-state index in [0.717, 1.165) is 10.7 Å². The first kappa shape index (κ1) is 20.7. The van der Waals surface area contributed by atoms with E-state index in [1.807, 2.05) is 0 Å². The van der Waals surface area contributed by atoms with E-state index in [1.165, 1.54) is 19.1 Å². The number of aryl methyl sites for hydroxylation is 1. The number of hydrogen-bond donors (Lipinski definition) is 1. The summed E-state index contributed by atoms with van der Waals surface area (Å²) in [6, 6.07) is 3.64. The van der Waals surface area contributed by atoms with Crippen molar-refractivity contribution in [2.45, 2.75) is 57.2 Å². The molecule has 0 aliphatic heterocycles. The average molecular weight is 431 g/mol. The first-order valence-electron chi connectivity index (χ1n) is 9.58. The molecule has 1 heterocycles. The molecular weight excluding hydrogens is 412 g/mol. The zero-order valence-electron chi connectivity index (χ0n) is 16.0. The number of anilines is 1. The fraction of sp³-hybridized carbons (Fsp3) is 0.500. The molecule has 2 aromatic rings. The van der Waals surface area contributed by atoms with Crippen molar-refractivity contribution in [1.29, 1.82) is 0 Å². The van der Waals surface area contributed by atoms with E-state index >= 15 is 0 Å². The number of nitrogens with one attached hydrogen (secondary N) is 1. The number of carbonyl (C=O) groups excluding carboxylic acids is 1. The second-order valence-electron chi connectivity index (χ2n) is 8.11. The van der Waals surface area contributed by atoms with E-state index in [4.69, 9.17) is 0 Å².